The maximum absolute atomic E-state index is 12.7. The van der Waals surface area contributed by atoms with Crippen molar-refractivity contribution in [1.29, 1.82) is 0 Å². The Bertz CT molecular complexity index is 760. The summed E-state index contributed by atoms with van der Waals surface area (Å²) in [6, 6.07) is 7.65. The smallest absolute Gasteiger partial charge is 0.224 e. The van der Waals surface area contributed by atoms with Gasteiger partial charge in [-0.2, -0.15) is 0 Å². The van der Waals surface area contributed by atoms with Crippen LogP contribution < -0.4 is 24.4 Å². The molecule has 7 heteroatoms. The highest BCUT2D eigenvalue weighted by molar-refractivity contribution is 5.79. The van der Waals surface area contributed by atoms with E-state index in [1.165, 1.54) is 24.2 Å². The van der Waals surface area contributed by atoms with Gasteiger partial charge in [0, 0.05) is 0 Å². The van der Waals surface area contributed by atoms with Crippen molar-refractivity contribution >= 4 is 5.91 Å². The van der Waals surface area contributed by atoms with Gasteiger partial charge in [0.05, 0.1) is 53.6 Å². The van der Waals surface area contributed by atoms with Crippen LogP contribution in [0.25, 0.3) is 0 Å². The zero-order valence-electron chi connectivity index (χ0n) is 17.5. The van der Waals surface area contributed by atoms with Crippen molar-refractivity contribution in [3.63, 3.8) is 0 Å². The van der Waals surface area contributed by atoms with Crippen LogP contribution in [-0.4, -0.2) is 46.9 Å². The largest absolute Gasteiger partial charge is 0.493 e. The highest BCUT2D eigenvalue weighted by atomic mass is 16.5. The number of nitrogens with one attached hydrogen (secondary N) is 2. The van der Waals surface area contributed by atoms with Gasteiger partial charge in [0.2, 0.25) is 11.7 Å². The van der Waals surface area contributed by atoms with Crippen molar-refractivity contribution in [3.05, 3.63) is 41.9 Å². The molecule has 1 aromatic heterocycles. The van der Waals surface area contributed by atoms with E-state index in [0.29, 0.717) is 23.8 Å². The number of rotatable bonds is 9. The minimum atomic E-state index is -0.0489. The molecule has 1 aliphatic rings. The summed E-state index contributed by atoms with van der Waals surface area (Å²) in [6.45, 7) is 2.76. The molecule has 1 fully saturated rings. The van der Waals surface area contributed by atoms with Gasteiger partial charge in [-0.15, -0.1) is 0 Å². The van der Waals surface area contributed by atoms with Crippen LogP contribution in [0.2, 0.25) is 0 Å². The minimum absolute atomic E-state index is 0.0489. The fourth-order valence-corrected chi connectivity index (χ4v) is 3.99. The zero-order chi connectivity index (χ0) is 20.6. The predicted molar refractivity (Wildman–Crippen MR) is 109 cm³/mol. The van der Waals surface area contributed by atoms with Crippen molar-refractivity contribution in [3.8, 4) is 17.2 Å². The minimum Gasteiger partial charge on any atom is -0.493 e. The maximum Gasteiger partial charge on any atom is 0.224 e. The molecule has 0 bridgehead atoms. The summed E-state index contributed by atoms with van der Waals surface area (Å²) >= 11 is 0. The van der Waals surface area contributed by atoms with Crippen LogP contribution in [-0.2, 0) is 11.2 Å². The van der Waals surface area contributed by atoms with Gasteiger partial charge in [-0.25, -0.2) is 0 Å². The first kappa shape index (κ1) is 21.0. The summed E-state index contributed by atoms with van der Waals surface area (Å²) in [5.41, 5.74) is 0.803. The fourth-order valence-electron chi connectivity index (χ4n) is 3.99. The van der Waals surface area contributed by atoms with E-state index < -0.39 is 0 Å². The van der Waals surface area contributed by atoms with Gasteiger partial charge in [-0.1, -0.05) is 0 Å². The van der Waals surface area contributed by atoms with E-state index in [-0.39, 0.29) is 18.4 Å². The van der Waals surface area contributed by atoms with E-state index in [2.05, 4.69) is 5.32 Å². The molecule has 0 spiro atoms. The Morgan fingerprint density at radius 2 is 1.79 bits per heavy atom. The van der Waals surface area contributed by atoms with Crippen LogP contribution >= 0.6 is 0 Å². The van der Waals surface area contributed by atoms with Gasteiger partial charge in [-0.3, -0.25) is 4.79 Å². The van der Waals surface area contributed by atoms with Crippen LogP contribution in [0.1, 0.15) is 36.6 Å². The number of quaternary nitrogens is 1. The van der Waals surface area contributed by atoms with Crippen LogP contribution in [0.15, 0.2) is 34.9 Å². The number of hydrogen-bond acceptors (Lipinski definition) is 5. The van der Waals surface area contributed by atoms with Crippen LogP contribution in [0.4, 0.5) is 0 Å². The predicted octanol–water partition coefficient (Wildman–Crippen LogP) is 1.77. The van der Waals surface area contributed by atoms with Gasteiger partial charge in [-0.05, 0) is 49.1 Å². The first-order chi connectivity index (χ1) is 14.2. The van der Waals surface area contributed by atoms with Crippen molar-refractivity contribution in [2.24, 2.45) is 0 Å². The molecular formula is C22H31N2O5+. The van der Waals surface area contributed by atoms with Gasteiger partial charge in [0.1, 0.15) is 0 Å². The van der Waals surface area contributed by atoms with Crippen molar-refractivity contribution in [1.82, 2.24) is 5.32 Å². The third-order valence-corrected chi connectivity index (χ3v) is 5.47. The lowest BCUT2D eigenvalue weighted by Gasteiger charge is -2.30. The van der Waals surface area contributed by atoms with Crippen LogP contribution in [0, 0.1) is 0 Å². The molecule has 1 atom stereocenters. The average Bonchev–Trinajstić information content (AvgIpc) is 3.28. The summed E-state index contributed by atoms with van der Waals surface area (Å²) in [4.78, 5) is 14.1. The molecule has 1 aromatic carbocycles. The van der Waals surface area contributed by atoms with E-state index in [1.807, 2.05) is 12.1 Å². The number of amides is 1. The highest BCUT2D eigenvalue weighted by Crippen LogP contribution is 2.38. The molecule has 2 heterocycles. The number of carbonyl (C=O) groups is 1. The lowest BCUT2D eigenvalue weighted by atomic mass is 10.1. The Kier molecular flexibility index (Phi) is 7.41. The molecule has 3 rings (SSSR count). The fraction of sp³-hybridized carbons (Fsp3) is 0.500. The maximum atomic E-state index is 12.7. The Morgan fingerprint density at radius 1 is 1.10 bits per heavy atom. The zero-order valence-corrected chi connectivity index (χ0v) is 17.5. The van der Waals surface area contributed by atoms with E-state index in [0.717, 1.165) is 24.4 Å². The molecule has 158 valence electrons. The topological polar surface area (TPSA) is 74.4 Å². The summed E-state index contributed by atoms with van der Waals surface area (Å²) in [5.74, 6) is 2.48. The molecule has 2 N–H and O–H groups in total. The number of ether oxygens (including phenoxy) is 3. The van der Waals surface area contributed by atoms with Crippen molar-refractivity contribution < 1.29 is 28.3 Å². The molecule has 0 radical (unpaired) electrons. The van der Waals surface area contributed by atoms with Gasteiger partial charge < -0.3 is 28.8 Å². The second-order valence-corrected chi connectivity index (χ2v) is 7.30. The van der Waals surface area contributed by atoms with Crippen molar-refractivity contribution in [2.45, 2.75) is 31.7 Å². The molecule has 7 nitrogen and oxygen atoms in total. The van der Waals surface area contributed by atoms with E-state index in [4.69, 9.17) is 18.6 Å². The van der Waals surface area contributed by atoms with E-state index in [1.54, 1.807) is 39.7 Å². The second-order valence-electron chi connectivity index (χ2n) is 7.30. The first-order valence-corrected chi connectivity index (χ1v) is 10.1. The lowest BCUT2D eigenvalue weighted by molar-refractivity contribution is -0.936. The number of benzene rings is 1. The lowest BCUT2D eigenvalue weighted by Crippen LogP contribution is -3.13. The number of furan rings is 1. The summed E-state index contributed by atoms with van der Waals surface area (Å²) in [7, 11) is 4.69. The molecule has 1 amide bonds. The molecule has 0 unspecified atom stereocenters. The highest BCUT2D eigenvalue weighted by Gasteiger charge is 2.28. The van der Waals surface area contributed by atoms with E-state index >= 15 is 0 Å². The Morgan fingerprint density at radius 3 is 2.34 bits per heavy atom. The molecule has 0 saturated carbocycles. The van der Waals surface area contributed by atoms with Gasteiger partial charge in [0.25, 0.3) is 0 Å². The number of likely N-dealkylation sites (tertiary alicyclic amines) is 1. The number of piperidine rings is 1. The van der Waals surface area contributed by atoms with Gasteiger partial charge >= 0.3 is 0 Å². The van der Waals surface area contributed by atoms with Crippen LogP contribution in [0.5, 0.6) is 17.2 Å². The van der Waals surface area contributed by atoms with E-state index in [9.17, 15) is 4.79 Å². The summed E-state index contributed by atoms with van der Waals surface area (Å²) in [5, 5.41) is 3.09. The number of hydrogen-bond donors (Lipinski definition) is 2. The second kappa shape index (κ2) is 10.2. The molecule has 29 heavy (non-hydrogen) atoms. The average molecular weight is 403 g/mol. The molecule has 1 saturated heterocycles. The summed E-state index contributed by atoms with van der Waals surface area (Å²) < 4.78 is 21.8. The molecule has 0 aliphatic carbocycles. The quantitative estimate of drug-likeness (QED) is 0.668. The third-order valence-electron chi connectivity index (χ3n) is 5.47. The summed E-state index contributed by atoms with van der Waals surface area (Å²) in [6.07, 6.45) is 5.64. The van der Waals surface area contributed by atoms with Crippen LogP contribution in [0.3, 0.4) is 0 Å². The standard InChI is InChI=1S/C22H30N2O5/c1-26-19-12-16(13-20(27-2)22(19)28-3)14-21(25)23-15-17(18-8-7-11-29-18)24-9-5-4-6-10-24/h7-8,11-13,17H,4-6,9-10,14-15H2,1-3H3,(H,23,25)/p+1/t17-/m1/s1. The van der Waals surface area contributed by atoms with Crippen molar-refractivity contribution in [2.75, 3.05) is 41.0 Å². The Labute approximate surface area is 171 Å². The third kappa shape index (κ3) is 5.23. The monoisotopic (exact) mass is 403 g/mol. The molecule has 2 aromatic rings. The SMILES string of the molecule is COc1cc(CC(=O)NC[C@H](c2ccco2)[NH+]2CCCCC2)cc(OC)c1OC. The van der Waals surface area contributed by atoms with Gasteiger partial charge in [0.15, 0.2) is 23.3 Å². The normalized spacial score (nSPS) is 15.6. The molecular weight excluding hydrogens is 372 g/mol. The first-order valence-electron chi connectivity index (χ1n) is 10.1. The molecule has 1 aliphatic heterocycles. The number of methoxy groups -OCH3 is 3. The Balaban J connectivity index is 1.66. The number of carbonyl (C=O) groups excluding carboxylic acids is 1. The Hall–Kier alpha value is -2.67.